The van der Waals surface area contributed by atoms with Crippen LogP contribution in [0.2, 0.25) is 0 Å². The number of nitriles is 1. The Morgan fingerprint density at radius 1 is 1.30 bits per heavy atom. The lowest BCUT2D eigenvalue weighted by atomic mass is 10.1. The van der Waals surface area contributed by atoms with E-state index in [9.17, 15) is 4.79 Å². The molecule has 3 rings (SSSR count). The number of hydrogen-bond acceptors (Lipinski definition) is 4. The molecule has 1 aliphatic heterocycles. The first-order valence-corrected chi connectivity index (χ1v) is 9.01. The van der Waals surface area contributed by atoms with Crippen molar-refractivity contribution in [2.75, 3.05) is 24.5 Å². The number of benzene rings is 2. The van der Waals surface area contributed by atoms with E-state index in [-0.39, 0.29) is 5.91 Å². The molecule has 27 heavy (non-hydrogen) atoms. The first-order valence-electron chi connectivity index (χ1n) is 9.01. The van der Waals surface area contributed by atoms with E-state index in [1.165, 1.54) is 0 Å². The Hall–Kier alpha value is -3.10. The highest BCUT2D eigenvalue weighted by Crippen LogP contribution is 2.33. The summed E-state index contributed by atoms with van der Waals surface area (Å²) in [5, 5.41) is 9.08. The molecule has 0 saturated carbocycles. The molecule has 0 fully saturated rings. The van der Waals surface area contributed by atoms with Crippen molar-refractivity contribution in [3.63, 3.8) is 0 Å². The van der Waals surface area contributed by atoms with E-state index in [1.807, 2.05) is 48.5 Å². The van der Waals surface area contributed by atoms with Crippen LogP contribution in [0, 0.1) is 11.3 Å². The number of rotatable bonds is 7. The Labute approximate surface area is 160 Å². The van der Waals surface area contributed by atoms with Crippen molar-refractivity contribution in [2.24, 2.45) is 0 Å². The second-order valence-corrected chi connectivity index (χ2v) is 6.55. The van der Waals surface area contributed by atoms with Gasteiger partial charge in [0.2, 0.25) is 0 Å². The minimum Gasteiger partial charge on any atom is -0.479 e. The smallest absolute Gasteiger partial charge is 0.267 e. The molecule has 5 heteroatoms. The summed E-state index contributed by atoms with van der Waals surface area (Å²) in [5.41, 5.74) is 2.53. The van der Waals surface area contributed by atoms with Crippen LogP contribution in [0.4, 0.5) is 5.69 Å². The monoisotopic (exact) mass is 361 g/mol. The predicted molar refractivity (Wildman–Crippen MR) is 106 cm³/mol. The number of carbonyl (C=O) groups is 1. The fourth-order valence-electron chi connectivity index (χ4n) is 3.25. The van der Waals surface area contributed by atoms with Gasteiger partial charge in [-0.25, -0.2) is 0 Å². The van der Waals surface area contributed by atoms with Gasteiger partial charge in [0.05, 0.1) is 17.3 Å². The van der Waals surface area contributed by atoms with E-state index in [0.29, 0.717) is 31.7 Å². The molecule has 5 nitrogen and oxygen atoms in total. The Bertz CT molecular complexity index is 872. The van der Waals surface area contributed by atoms with Gasteiger partial charge in [-0.15, -0.1) is 6.58 Å². The number of para-hydroxylation sites is 2. The Morgan fingerprint density at radius 3 is 2.89 bits per heavy atom. The molecule has 2 aromatic rings. The predicted octanol–water partition coefficient (Wildman–Crippen LogP) is 3.36. The average Bonchev–Trinajstić information content (AvgIpc) is 2.68. The Kier molecular flexibility index (Phi) is 5.90. The molecule has 0 bridgehead atoms. The number of anilines is 1. The van der Waals surface area contributed by atoms with Gasteiger partial charge in [-0.2, -0.15) is 5.26 Å². The Morgan fingerprint density at radius 2 is 2.11 bits per heavy atom. The van der Waals surface area contributed by atoms with Crippen molar-refractivity contribution in [2.45, 2.75) is 19.6 Å². The van der Waals surface area contributed by atoms with Crippen LogP contribution in [0.5, 0.6) is 5.75 Å². The topological polar surface area (TPSA) is 56.6 Å². The lowest BCUT2D eigenvalue weighted by Gasteiger charge is -2.34. The summed E-state index contributed by atoms with van der Waals surface area (Å²) < 4.78 is 5.70. The fraction of sp³-hybridized carbons (Fsp3) is 0.273. The third-order valence-electron chi connectivity index (χ3n) is 4.56. The van der Waals surface area contributed by atoms with Crippen LogP contribution in [-0.4, -0.2) is 36.5 Å². The zero-order valence-electron chi connectivity index (χ0n) is 15.5. The molecule has 0 N–H and O–H groups in total. The van der Waals surface area contributed by atoms with Crippen molar-refractivity contribution in [3.8, 4) is 11.8 Å². The SMILES string of the molecule is C=CCN(CCN1C(=O)[C@H](C)Oc2ccccc21)Cc1cccc(C#N)c1. The highest BCUT2D eigenvalue weighted by molar-refractivity contribution is 5.99. The summed E-state index contributed by atoms with van der Waals surface area (Å²) in [6.07, 6.45) is 1.37. The molecular formula is C22H23N3O2. The minimum atomic E-state index is -0.486. The largest absolute Gasteiger partial charge is 0.479 e. The van der Waals surface area contributed by atoms with Crippen LogP contribution >= 0.6 is 0 Å². The van der Waals surface area contributed by atoms with Crippen LogP contribution in [0.1, 0.15) is 18.1 Å². The molecule has 1 aliphatic rings. The number of fused-ring (bicyclic) bond motifs is 1. The maximum Gasteiger partial charge on any atom is 0.267 e. The molecule has 1 amide bonds. The molecule has 0 aliphatic carbocycles. The summed E-state index contributed by atoms with van der Waals surface area (Å²) in [7, 11) is 0. The number of carbonyl (C=O) groups excluding carboxylic acids is 1. The molecule has 0 spiro atoms. The first-order chi connectivity index (χ1) is 13.1. The molecule has 2 aromatic carbocycles. The van der Waals surface area contributed by atoms with Crippen LogP contribution in [0.3, 0.4) is 0 Å². The van der Waals surface area contributed by atoms with E-state index in [0.717, 1.165) is 17.0 Å². The summed E-state index contributed by atoms with van der Waals surface area (Å²) >= 11 is 0. The second kappa shape index (κ2) is 8.52. The van der Waals surface area contributed by atoms with Crippen molar-refractivity contribution in [1.82, 2.24) is 4.90 Å². The molecule has 1 heterocycles. The van der Waals surface area contributed by atoms with Crippen LogP contribution in [0.15, 0.2) is 61.2 Å². The van der Waals surface area contributed by atoms with E-state index < -0.39 is 6.10 Å². The van der Waals surface area contributed by atoms with Gasteiger partial charge < -0.3 is 9.64 Å². The highest BCUT2D eigenvalue weighted by Gasteiger charge is 2.31. The zero-order chi connectivity index (χ0) is 19.2. The fourth-order valence-corrected chi connectivity index (χ4v) is 3.25. The van der Waals surface area contributed by atoms with Crippen LogP contribution in [0.25, 0.3) is 0 Å². The van der Waals surface area contributed by atoms with Gasteiger partial charge in [-0.3, -0.25) is 9.69 Å². The molecular weight excluding hydrogens is 338 g/mol. The average molecular weight is 361 g/mol. The normalized spacial score (nSPS) is 15.8. The van der Waals surface area contributed by atoms with Gasteiger partial charge in [-0.1, -0.05) is 30.3 Å². The molecule has 0 saturated heterocycles. The molecule has 0 radical (unpaired) electrons. The maximum absolute atomic E-state index is 12.6. The number of amides is 1. The lowest BCUT2D eigenvalue weighted by molar-refractivity contribution is -0.125. The first kappa shape index (κ1) is 18.7. The van der Waals surface area contributed by atoms with E-state index in [4.69, 9.17) is 10.00 Å². The lowest BCUT2D eigenvalue weighted by Crippen LogP contribution is -2.47. The number of ether oxygens (including phenoxy) is 1. The molecule has 138 valence electrons. The van der Waals surface area contributed by atoms with Crippen molar-refractivity contribution in [1.29, 1.82) is 5.26 Å². The number of hydrogen-bond donors (Lipinski definition) is 0. The van der Waals surface area contributed by atoms with Crippen LogP contribution < -0.4 is 9.64 Å². The molecule has 0 unspecified atom stereocenters. The highest BCUT2D eigenvalue weighted by atomic mass is 16.5. The van der Waals surface area contributed by atoms with Gasteiger partial charge >= 0.3 is 0 Å². The molecule has 0 aromatic heterocycles. The second-order valence-electron chi connectivity index (χ2n) is 6.55. The van der Waals surface area contributed by atoms with Gasteiger partial charge in [0.1, 0.15) is 5.75 Å². The summed E-state index contributed by atoms with van der Waals surface area (Å²) in [4.78, 5) is 16.6. The maximum atomic E-state index is 12.6. The van der Waals surface area contributed by atoms with Crippen molar-refractivity contribution < 1.29 is 9.53 Å². The van der Waals surface area contributed by atoms with Gasteiger partial charge in [0.15, 0.2) is 6.10 Å². The van der Waals surface area contributed by atoms with E-state index >= 15 is 0 Å². The third kappa shape index (κ3) is 4.36. The third-order valence-corrected chi connectivity index (χ3v) is 4.56. The molecule has 1 atom stereocenters. The summed E-state index contributed by atoms with van der Waals surface area (Å²) in [6.45, 7) is 8.26. The number of nitrogens with zero attached hydrogens (tertiary/aromatic N) is 3. The van der Waals surface area contributed by atoms with E-state index in [1.54, 1.807) is 17.9 Å². The Balaban J connectivity index is 1.73. The van der Waals surface area contributed by atoms with E-state index in [2.05, 4.69) is 17.5 Å². The van der Waals surface area contributed by atoms with Gasteiger partial charge in [0.25, 0.3) is 5.91 Å². The minimum absolute atomic E-state index is 0.0290. The van der Waals surface area contributed by atoms with Crippen LogP contribution in [-0.2, 0) is 11.3 Å². The standard InChI is InChI=1S/C22H23N3O2/c1-3-11-24(16-19-8-6-7-18(14-19)15-23)12-13-25-20-9-4-5-10-21(20)27-17(2)22(25)26/h3-10,14,17H,1,11-13,16H2,2H3/t17-/m0/s1. The zero-order valence-corrected chi connectivity index (χ0v) is 15.5. The quantitative estimate of drug-likeness (QED) is 0.710. The van der Waals surface area contributed by atoms with Crippen molar-refractivity contribution in [3.05, 3.63) is 72.3 Å². The summed E-state index contributed by atoms with van der Waals surface area (Å²) in [6, 6.07) is 17.4. The van der Waals surface area contributed by atoms with Gasteiger partial charge in [-0.05, 0) is 36.8 Å². The summed E-state index contributed by atoms with van der Waals surface area (Å²) in [5.74, 6) is 0.709. The van der Waals surface area contributed by atoms with Gasteiger partial charge in [0, 0.05) is 26.2 Å². The van der Waals surface area contributed by atoms with Crippen molar-refractivity contribution >= 4 is 11.6 Å².